The molecule has 33 heavy (non-hydrogen) atoms. The van der Waals surface area contributed by atoms with Gasteiger partial charge >= 0.3 is 6.03 Å². The summed E-state index contributed by atoms with van der Waals surface area (Å²) < 4.78 is 5.81. The minimum absolute atomic E-state index is 0.183. The fraction of sp³-hybridized carbons (Fsp3) is 0.0800. The number of ether oxygens (including phenoxy) is 1. The third kappa shape index (κ3) is 4.77. The van der Waals surface area contributed by atoms with Crippen molar-refractivity contribution in [2.45, 2.75) is 13.5 Å². The Morgan fingerprint density at radius 2 is 1.67 bits per heavy atom. The van der Waals surface area contributed by atoms with E-state index in [9.17, 15) is 14.4 Å². The van der Waals surface area contributed by atoms with E-state index in [2.05, 4.69) is 5.32 Å². The third-order valence-corrected chi connectivity index (χ3v) is 5.88. The lowest BCUT2D eigenvalue weighted by atomic mass is 10.1. The number of amides is 4. The maximum absolute atomic E-state index is 13.1. The van der Waals surface area contributed by atoms with E-state index in [0.717, 1.165) is 10.5 Å². The Kier molecular flexibility index (Phi) is 6.49. The molecule has 1 saturated heterocycles. The minimum Gasteiger partial charge on any atom is -0.489 e. The van der Waals surface area contributed by atoms with Gasteiger partial charge in [-0.05, 0) is 54.5 Å². The van der Waals surface area contributed by atoms with E-state index in [4.69, 9.17) is 27.9 Å². The third-order valence-electron chi connectivity index (χ3n) is 5.10. The van der Waals surface area contributed by atoms with Crippen LogP contribution in [0.2, 0.25) is 10.0 Å². The number of nitrogens with zero attached hydrogens (tertiary/aromatic N) is 1. The van der Waals surface area contributed by atoms with E-state index in [0.29, 0.717) is 32.6 Å². The molecule has 1 fully saturated rings. The van der Waals surface area contributed by atoms with Gasteiger partial charge in [0.2, 0.25) is 0 Å². The van der Waals surface area contributed by atoms with Crippen LogP contribution in [0.1, 0.15) is 16.7 Å². The number of barbiturate groups is 1. The van der Waals surface area contributed by atoms with Gasteiger partial charge in [-0.25, -0.2) is 9.69 Å². The molecular weight excluding hydrogens is 463 g/mol. The minimum atomic E-state index is -0.829. The normalized spacial score (nSPS) is 15.1. The van der Waals surface area contributed by atoms with Gasteiger partial charge in [0.15, 0.2) is 0 Å². The molecule has 6 nitrogen and oxygen atoms in total. The molecule has 3 aromatic rings. The van der Waals surface area contributed by atoms with Gasteiger partial charge < -0.3 is 4.74 Å². The average molecular weight is 481 g/mol. The van der Waals surface area contributed by atoms with Crippen LogP contribution in [0, 0.1) is 6.92 Å². The van der Waals surface area contributed by atoms with Gasteiger partial charge in [0, 0.05) is 15.6 Å². The lowest BCUT2D eigenvalue weighted by Crippen LogP contribution is -2.54. The van der Waals surface area contributed by atoms with Crippen molar-refractivity contribution in [3.8, 4) is 5.75 Å². The molecule has 1 aliphatic heterocycles. The monoisotopic (exact) mass is 480 g/mol. The highest BCUT2D eigenvalue weighted by atomic mass is 35.5. The highest BCUT2D eigenvalue weighted by Crippen LogP contribution is 2.30. The Morgan fingerprint density at radius 1 is 0.939 bits per heavy atom. The van der Waals surface area contributed by atoms with E-state index in [-0.39, 0.29) is 12.2 Å². The first kappa shape index (κ1) is 22.6. The molecule has 0 radical (unpaired) electrons. The van der Waals surface area contributed by atoms with Crippen molar-refractivity contribution >= 4 is 52.8 Å². The van der Waals surface area contributed by atoms with Crippen LogP contribution in [-0.4, -0.2) is 17.8 Å². The first-order valence-electron chi connectivity index (χ1n) is 9.98. The van der Waals surface area contributed by atoms with Crippen LogP contribution in [0.25, 0.3) is 6.08 Å². The van der Waals surface area contributed by atoms with Gasteiger partial charge in [-0.3, -0.25) is 14.9 Å². The van der Waals surface area contributed by atoms with Crippen LogP contribution in [0.15, 0.2) is 72.3 Å². The molecule has 1 heterocycles. The Labute approximate surface area is 200 Å². The molecule has 3 aromatic carbocycles. The van der Waals surface area contributed by atoms with Crippen molar-refractivity contribution < 1.29 is 19.1 Å². The lowest BCUT2D eigenvalue weighted by Gasteiger charge is -2.27. The van der Waals surface area contributed by atoms with E-state index < -0.39 is 17.8 Å². The predicted molar refractivity (Wildman–Crippen MR) is 127 cm³/mol. The summed E-state index contributed by atoms with van der Waals surface area (Å²) in [5, 5.41) is 3.21. The Balaban J connectivity index is 1.61. The van der Waals surface area contributed by atoms with E-state index in [1.54, 1.807) is 55.5 Å². The topological polar surface area (TPSA) is 75.7 Å². The molecule has 0 bridgehead atoms. The van der Waals surface area contributed by atoms with Crippen LogP contribution in [0.3, 0.4) is 0 Å². The van der Waals surface area contributed by atoms with Gasteiger partial charge in [-0.2, -0.15) is 0 Å². The molecule has 0 unspecified atom stereocenters. The summed E-state index contributed by atoms with van der Waals surface area (Å²) >= 11 is 12.3. The summed E-state index contributed by atoms with van der Waals surface area (Å²) in [4.78, 5) is 39.0. The fourth-order valence-corrected chi connectivity index (χ4v) is 3.71. The molecule has 0 saturated carbocycles. The van der Waals surface area contributed by atoms with Crippen LogP contribution in [0.4, 0.5) is 10.5 Å². The molecule has 4 rings (SSSR count). The van der Waals surface area contributed by atoms with Crippen LogP contribution >= 0.6 is 23.2 Å². The zero-order chi connectivity index (χ0) is 23.5. The zero-order valence-corrected chi connectivity index (χ0v) is 19.0. The van der Waals surface area contributed by atoms with Gasteiger partial charge in [0.25, 0.3) is 11.8 Å². The molecule has 1 N–H and O–H groups in total. The quantitative estimate of drug-likeness (QED) is 0.383. The summed E-state index contributed by atoms with van der Waals surface area (Å²) in [7, 11) is 0. The summed E-state index contributed by atoms with van der Waals surface area (Å²) in [6, 6.07) is 18.3. The molecule has 0 aliphatic carbocycles. The molecule has 0 spiro atoms. The van der Waals surface area contributed by atoms with E-state index >= 15 is 0 Å². The summed E-state index contributed by atoms with van der Waals surface area (Å²) in [5.74, 6) is -0.980. The molecule has 4 amide bonds. The Hall–Kier alpha value is -3.61. The van der Waals surface area contributed by atoms with E-state index in [1.807, 2.05) is 18.2 Å². The van der Waals surface area contributed by atoms with Crippen LogP contribution in [0.5, 0.6) is 5.75 Å². The Morgan fingerprint density at radius 3 is 2.45 bits per heavy atom. The summed E-state index contributed by atoms with van der Waals surface area (Å²) in [5.41, 5.74) is 2.06. The number of hydrogen-bond donors (Lipinski definition) is 1. The Bertz CT molecular complexity index is 1300. The summed E-state index contributed by atoms with van der Waals surface area (Å²) in [6.45, 7) is 1.95. The molecule has 8 heteroatoms. The number of carbonyl (C=O) groups excluding carboxylic acids is 3. The fourth-order valence-electron chi connectivity index (χ4n) is 3.35. The van der Waals surface area contributed by atoms with Crippen molar-refractivity contribution in [3.05, 3.63) is 99.0 Å². The molecular formula is C25H18Cl2N2O4. The summed E-state index contributed by atoms with van der Waals surface area (Å²) in [6.07, 6.45) is 1.42. The number of urea groups is 1. The van der Waals surface area contributed by atoms with Crippen molar-refractivity contribution in [1.82, 2.24) is 5.32 Å². The standard InChI is InChI=1S/C25H18Cl2N2O4/c1-15-20(26)10-5-11-22(15)29-24(31)19(23(30)28-25(29)32)13-16-6-4-8-18(12-16)33-14-17-7-2-3-9-21(17)27/h2-13H,14H2,1H3,(H,28,30,32)/b19-13-. The number of rotatable bonds is 5. The second-order valence-electron chi connectivity index (χ2n) is 7.29. The van der Waals surface area contributed by atoms with Gasteiger partial charge in [0.05, 0.1) is 5.69 Å². The van der Waals surface area contributed by atoms with Crippen molar-refractivity contribution in [3.63, 3.8) is 0 Å². The number of halogens is 2. The van der Waals surface area contributed by atoms with Crippen molar-refractivity contribution in [2.24, 2.45) is 0 Å². The molecule has 0 aromatic heterocycles. The first-order valence-corrected chi connectivity index (χ1v) is 10.7. The van der Waals surface area contributed by atoms with Crippen LogP contribution < -0.4 is 15.0 Å². The zero-order valence-electron chi connectivity index (χ0n) is 17.5. The SMILES string of the molecule is Cc1c(Cl)cccc1N1C(=O)NC(=O)/C(=C/c2cccc(OCc3ccccc3Cl)c2)C1=O. The molecule has 0 atom stereocenters. The van der Waals surface area contributed by atoms with Crippen molar-refractivity contribution in [1.29, 1.82) is 0 Å². The van der Waals surface area contributed by atoms with Crippen molar-refractivity contribution in [2.75, 3.05) is 4.90 Å². The van der Waals surface area contributed by atoms with Gasteiger partial charge in [0.1, 0.15) is 17.9 Å². The lowest BCUT2D eigenvalue weighted by molar-refractivity contribution is -0.122. The number of benzene rings is 3. The second kappa shape index (κ2) is 9.48. The van der Waals surface area contributed by atoms with Gasteiger partial charge in [-0.1, -0.05) is 59.6 Å². The number of nitrogens with one attached hydrogen (secondary N) is 1. The number of anilines is 1. The molecule has 1 aliphatic rings. The van der Waals surface area contributed by atoms with Gasteiger partial charge in [-0.15, -0.1) is 0 Å². The first-order chi connectivity index (χ1) is 15.8. The molecule has 166 valence electrons. The largest absolute Gasteiger partial charge is 0.489 e. The highest BCUT2D eigenvalue weighted by Gasteiger charge is 2.37. The maximum atomic E-state index is 13.1. The highest BCUT2D eigenvalue weighted by molar-refractivity contribution is 6.40. The number of imide groups is 2. The van der Waals surface area contributed by atoms with Crippen LogP contribution in [-0.2, 0) is 16.2 Å². The number of carbonyl (C=O) groups is 3. The smallest absolute Gasteiger partial charge is 0.335 e. The predicted octanol–water partition coefficient (Wildman–Crippen LogP) is 5.55. The second-order valence-corrected chi connectivity index (χ2v) is 8.11. The number of hydrogen-bond acceptors (Lipinski definition) is 4. The maximum Gasteiger partial charge on any atom is 0.335 e. The average Bonchev–Trinajstić information content (AvgIpc) is 2.79. The van der Waals surface area contributed by atoms with E-state index in [1.165, 1.54) is 6.08 Å².